The van der Waals surface area contributed by atoms with E-state index in [4.69, 9.17) is 10.5 Å². The number of amides is 2. The lowest BCUT2D eigenvalue weighted by Gasteiger charge is -2.21. The average molecular weight is 270 g/mol. The van der Waals surface area contributed by atoms with Crippen molar-refractivity contribution in [2.24, 2.45) is 0 Å². The second-order valence-corrected chi connectivity index (χ2v) is 4.61. The maximum atomic E-state index is 12.1. The molecular formula is C15H18N4O. The van der Waals surface area contributed by atoms with Crippen LogP contribution in [-0.2, 0) is 0 Å². The van der Waals surface area contributed by atoms with E-state index in [1.165, 1.54) is 4.90 Å². The normalized spacial score (nSPS) is 9.40. The number of nitriles is 2. The van der Waals surface area contributed by atoms with Gasteiger partial charge in [-0.25, -0.2) is 4.79 Å². The lowest BCUT2D eigenvalue weighted by Crippen LogP contribution is -2.36. The number of hydrogen-bond donors (Lipinski definition) is 1. The van der Waals surface area contributed by atoms with E-state index in [1.807, 2.05) is 44.2 Å². The first kappa shape index (κ1) is 15.5. The maximum Gasteiger partial charge on any atom is 0.321 e. The number of nitrogens with one attached hydrogen (secondary N) is 1. The van der Waals surface area contributed by atoms with Crippen LogP contribution in [0.4, 0.5) is 10.5 Å². The molecule has 20 heavy (non-hydrogen) atoms. The van der Waals surface area contributed by atoms with Crippen LogP contribution >= 0.6 is 0 Å². The second kappa shape index (κ2) is 7.81. The SMILES string of the molecule is Cc1cc(C)cc(NC(=O)N(CCC#N)CCC#N)c1. The molecule has 0 aliphatic rings. The molecule has 0 saturated heterocycles. The number of benzene rings is 1. The van der Waals surface area contributed by atoms with Crippen LogP contribution in [0.1, 0.15) is 24.0 Å². The Hall–Kier alpha value is -2.53. The Morgan fingerprint density at radius 1 is 1.10 bits per heavy atom. The number of nitrogens with zero attached hydrogens (tertiary/aromatic N) is 3. The monoisotopic (exact) mass is 270 g/mol. The number of carbonyl (C=O) groups excluding carboxylic acids is 1. The van der Waals surface area contributed by atoms with Crippen LogP contribution in [-0.4, -0.2) is 24.0 Å². The molecule has 0 spiro atoms. The smallest absolute Gasteiger partial charge is 0.321 e. The summed E-state index contributed by atoms with van der Waals surface area (Å²) in [6, 6.07) is 9.54. The van der Waals surface area contributed by atoms with Crippen molar-refractivity contribution >= 4 is 11.7 Å². The molecule has 1 aromatic carbocycles. The summed E-state index contributed by atoms with van der Waals surface area (Å²) in [7, 11) is 0. The van der Waals surface area contributed by atoms with Gasteiger partial charge in [-0.1, -0.05) is 6.07 Å². The lowest BCUT2D eigenvalue weighted by molar-refractivity contribution is 0.214. The molecule has 0 aliphatic heterocycles. The molecule has 1 aromatic rings. The van der Waals surface area contributed by atoms with Crippen molar-refractivity contribution in [2.75, 3.05) is 18.4 Å². The Bertz CT molecular complexity index is 516. The minimum Gasteiger partial charge on any atom is -0.322 e. The van der Waals surface area contributed by atoms with Gasteiger partial charge in [-0.15, -0.1) is 0 Å². The average Bonchev–Trinajstić information content (AvgIpc) is 2.37. The van der Waals surface area contributed by atoms with Crippen LogP contribution in [0.15, 0.2) is 18.2 Å². The van der Waals surface area contributed by atoms with Crippen molar-refractivity contribution in [1.82, 2.24) is 4.90 Å². The van der Waals surface area contributed by atoms with Gasteiger partial charge in [-0.2, -0.15) is 10.5 Å². The van der Waals surface area contributed by atoms with Gasteiger partial charge in [0.05, 0.1) is 25.0 Å². The van der Waals surface area contributed by atoms with Crippen LogP contribution in [0.5, 0.6) is 0 Å². The summed E-state index contributed by atoms with van der Waals surface area (Å²) in [6.07, 6.45) is 0.511. The topological polar surface area (TPSA) is 79.9 Å². The maximum absolute atomic E-state index is 12.1. The number of aryl methyl sites for hydroxylation is 2. The molecule has 0 fully saturated rings. The molecule has 0 saturated carbocycles. The van der Waals surface area contributed by atoms with Gasteiger partial charge in [0.1, 0.15) is 0 Å². The van der Waals surface area contributed by atoms with Gasteiger partial charge in [0.2, 0.25) is 0 Å². The summed E-state index contributed by atoms with van der Waals surface area (Å²) < 4.78 is 0. The predicted molar refractivity (Wildman–Crippen MR) is 77.0 cm³/mol. The highest BCUT2D eigenvalue weighted by atomic mass is 16.2. The molecular weight excluding hydrogens is 252 g/mol. The van der Waals surface area contributed by atoms with E-state index in [9.17, 15) is 4.79 Å². The molecule has 1 rings (SSSR count). The number of hydrogen-bond acceptors (Lipinski definition) is 3. The molecule has 2 amide bonds. The molecule has 0 heterocycles. The van der Waals surface area contributed by atoms with Crippen molar-refractivity contribution in [3.63, 3.8) is 0 Å². The molecule has 104 valence electrons. The summed E-state index contributed by atoms with van der Waals surface area (Å²) in [5.41, 5.74) is 2.87. The van der Waals surface area contributed by atoms with Crippen LogP contribution in [0.3, 0.4) is 0 Å². The third kappa shape index (κ3) is 4.99. The van der Waals surface area contributed by atoms with Crippen molar-refractivity contribution in [3.8, 4) is 12.1 Å². The number of urea groups is 1. The van der Waals surface area contributed by atoms with Gasteiger partial charge in [-0.05, 0) is 37.1 Å². The molecule has 1 N–H and O–H groups in total. The molecule has 0 atom stereocenters. The third-order valence-corrected chi connectivity index (χ3v) is 2.75. The van der Waals surface area contributed by atoms with Crippen LogP contribution in [0.2, 0.25) is 0 Å². The highest BCUT2D eigenvalue weighted by Gasteiger charge is 2.13. The minimum absolute atomic E-state index is 0.256. The fraction of sp³-hybridized carbons (Fsp3) is 0.400. The van der Waals surface area contributed by atoms with Crippen molar-refractivity contribution in [3.05, 3.63) is 29.3 Å². The molecule has 0 bridgehead atoms. The van der Waals surface area contributed by atoms with E-state index >= 15 is 0 Å². The summed E-state index contributed by atoms with van der Waals surface area (Å²) in [5, 5.41) is 20.0. The first-order chi connectivity index (χ1) is 9.56. The molecule has 5 heteroatoms. The summed E-state index contributed by atoms with van der Waals surface area (Å²) in [4.78, 5) is 13.6. The number of anilines is 1. The van der Waals surface area contributed by atoms with Crippen LogP contribution < -0.4 is 5.32 Å². The second-order valence-electron chi connectivity index (χ2n) is 4.61. The Morgan fingerprint density at radius 2 is 1.60 bits per heavy atom. The zero-order chi connectivity index (χ0) is 15.0. The van der Waals surface area contributed by atoms with E-state index in [0.29, 0.717) is 13.1 Å². The highest BCUT2D eigenvalue weighted by molar-refractivity contribution is 5.89. The molecule has 0 aliphatic carbocycles. The molecule has 0 unspecified atom stereocenters. The van der Waals surface area contributed by atoms with Gasteiger partial charge in [0, 0.05) is 18.8 Å². The van der Waals surface area contributed by atoms with Crippen LogP contribution in [0, 0.1) is 36.5 Å². The van der Waals surface area contributed by atoms with Gasteiger partial charge in [-0.3, -0.25) is 0 Å². The zero-order valence-corrected chi connectivity index (χ0v) is 11.8. The summed E-state index contributed by atoms with van der Waals surface area (Å²) >= 11 is 0. The molecule has 0 aromatic heterocycles. The zero-order valence-electron chi connectivity index (χ0n) is 11.8. The number of carbonyl (C=O) groups is 1. The van der Waals surface area contributed by atoms with Crippen LogP contribution in [0.25, 0.3) is 0 Å². The van der Waals surface area contributed by atoms with E-state index in [0.717, 1.165) is 16.8 Å². The fourth-order valence-electron chi connectivity index (χ4n) is 1.93. The fourth-order valence-corrected chi connectivity index (χ4v) is 1.93. The molecule has 5 nitrogen and oxygen atoms in total. The largest absolute Gasteiger partial charge is 0.322 e. The highest BCUT2D eigenvalue weighted by Crippen LogP contribution is 2.14. The lowest BCUT2D eigenvalue weighted by atomic mass is 10.1. The first-order valence-corrected chi connectivity index (χ1v) is 6.45. The van der Waals surface area contributed by atoms with E-state index in [2.05, 4.69) is 5.32 Å². The van der Waals surface area contributed by atoms with Gasteiger partial charge in [0.25, 0.3) is 0 Å². The molecule has 0 radical (unpaired) electrons. The quantitative estimate of drug-likeness (QED) is 0.893. The van der Waals surface area contributed by atoms with Gasteiger partial charge in [0.15, 0.2) is 0 Å². The summed E-state index contributed by atoms with van der Waals surface area (Å²) in [6.45, 7) is 4.58. The predicted octanol–water partition coefficient (Wildman–Crippen LogP) is 2.96. The summed E-state index contributed by atoms with van der Waals surface area (Å²) in [5.74, 6) is 0. The van der Waals surface area contributed by atoms with Crippen molar-refractivity contribution < 1.29 is 4.79 Å². The Balaban J connectivity index is 2.74. The number of rotatable bonds is 5. The Morgan fingerprint density at radius 3 is 2.05 bits per heavy atom. The van der Waals surface area contributed by atoms with E-state index < -0.39 is 0 Å². The Kier molecular flexibility index (Phi) is 6.06. The minimum atomic E-state index is -0.277. The third-order valence-electron chi connectivity index (χ3n) is 2.75. The first-order valence-electron chi connectivity index (χ1n) is 6.45. The Labute approximate surface area is 119 Å². The van der Waals surface area contributed by atoms with E-state index in [-0.39, 0.29) is 18.9 Å². The van der Waals surface area contributed by atoms with Crippen molar-refractivity contribution in [2.45, 2.75) is 26.7 Å². The van der Waals surface area contributed by atoms with Crippen molar-refractivity contribution in [1.29, 1.82) is 10.5 Å². The standard InChI is InChI=1S/C15H18N4O/c1-12-9-13(2)11-14(10-12)18-15(20)19(7-3-5-16)8-4-6-17/h9-11H,3-4,7-8H2,1-2H3,(H,18,20). The van der Waals surface area contributed by atoms with E-state index in [1.54, 1.807) is 0 Å². The van der Waals surface area contributed by atoms with Gasteiger partial charge >= 0.3 is 6.03 Å². The van der Waals surface area contributed by atoms with Gasteiger partial charge < -0.3 is 10.2 Å².